The molecule has 2 amide bonds. The number of amides is 2. The summed E-state index contributed by atoms with van der Waals surface area (Å²) in [6.45, 7) is 0.0598. The first kappa shape index (κ1) is 30.0. The fourth-order valence-electron chi connectivity index (χ4n) is 5.17. The van der Waals surface area contributed by atoms with Crippen molar-refractivity contribution in [2.45, 2.75) is 29.8 Å². The molecule has 15 heteroatoms. The van der Waals surface area contributed by atoms with E-state index < -0.39 is 46.9 Å². The average molecular weight is 650 g/mol. The fourth-order valence-corrected chi connectivity index (χ4v) is 7.49. The van der Waals surface area contributed by atoms with Crippen molar-refractivity contribution in [1.29, 1.82) is 0 Å². The van der Waals surface area contributed by atoms with Gasteiger partial charge in [0.05, 0.1) is 31.3 Å². The summed E-state index contributed by atoms with van der Waals surface area (Å²) in [5, 5.41) is 0.505. The van der Waals surface area contributed by atoms with E-state index in [-0.39, 0.29) is 33.7 Å². The van der Waals surface area contributed by atoms with Crippen LogP contribution in [0.2, 0.25) is 15.1 Å². The molecular weight excluding hydrogens is 625 g/mol. The minimum Gasteiger partial charge on any atom is -0.379 e. The molecule has 3 heterocycles. The van der Waals surface area contributed by atoms with Crippen molar-refractivity contribution >= 4 is 56.6 Å². The predicted octanol–water partition coefficient (Wildman–Crippen LogP) is 3.70. The van der Waals surface area contributed by atoms with Crippen LogP contribution in [0.25, 0.3) is 0 Å². The molecule has 0 aromatic heterocycles. The van der Waals surface area contributed by atoms with Gasteiger partial charge in [0.2, 0.25) is 11.8 Å². The maximum atomic E-state index is 14.1. The van der Waals surface area contributed by atoms with Gasteiger partial charge in [0, 0.05) is 35.8 Å². The van der Waals surface area contributed by atoms with E-state index in [4.69, 9.17) is 39.5 Å². The lowest BCUT2D eigenvalue weighted by atomic mass is 9.99. The van der Waals surface area contributed by atoms with Gasteiger partial charge in [0.15, 0.2) is 0 Å². The van der Waals surface area contributed by atoms with Crippen molar-refractivity contribution in [2.24, 2.45) is 0 Å². The zero-order valence-electron chi connectivity index (χ0n) is 21.4. The van der Waals surface area contributed by atoms with Gasteiger partial charge in [-0.25, -0.2) is 21.5 Å². The molecule has 2 aromatic carbocycles. The molecule has 9 nitrogen and oxygen atoms in total. The Kier molecular flexibility index (Phi) is 8.79. The van der Waals surface area contributed by atoms with Crippen LogP contribution in [0.3, 0.4) is 0 Å². The molecule has 0 radical (unpaired) electrons. The summed E-state index contributed by atoms with van der Waals surface area (Å²) in [5.41, 5.74) is 0.599. The number of sulfonamides is 1. The van der Waals surface area contributed by atoms with Crippen molar-refractivity contribution < 1.29 is 31.5 Å². The van der Waals surface area contributed by atoms with Gasteiger partial charge in [-0.2, -0.15) is 0 Å². The van der Waals surface area contributed by atoms with Crippen LogP contribution in [0.5, 0.6) is 0 Å². The van der Waals surface area contributed by atoms with Crippen LogP contribution in [-0.2, 0) is 30.8 Å². The summed E-state index contributed by atoms with van der Waals surface area (Å²) in [5.74, 6) is -1.50. The Morgan fingerprint density at radius 2 is 1.61 bits per heavy atom. The molecule has 2 aromatic rings. The first-order valence-electron chi connectivity index (χ1n) is 12.6. The molecular formula is C26H25Cl3F2N4O5S. The van der Waals surface area contributed by atoms with Crippen molar-refractivity contribution in [1.82, 2.24) is 19.0 Å². The van der Waals surface area contributed by atoms with Crippen LogP contribution in [0.1, 0.15) is 5.56 Å². The Morgan fingerprint density at radius 1 is 0.951 bits per heavy atom. The van der Waals surface area contributed by atoms with E-state index in [0.29, 0.717) is 36.9 Å². The Morgan fingerprint density at radius 3 is 2.24 bits per heavy atom. The summed E-state index contributed by atoms with van der Waals surface area (Å²) in [6, 6.07) is 8.11. The van der Waals surface area contributed by atoms with Crippen molar-refractivity contribution in [3.8, 4) is 0 Å². The number of carbonyl (C=O) groups is 2. The van der Waals surface area contributed by atoms with Crippen molar-refractivity contribution in [3.63, 3.8) is 0 Å². The lowest BCUT2D eigenvalue weighted by Gasteiger charge is -2.50. The topological polar surface area (TPSA) is 90.5 Å². The maximum Gasteiger partial charge on any atom is 0.267 e. The highest BCUT2D eigenvalue weighted by atomic mass is 35.5. The standard InChI is InChI=1S/C26H25Cl3F2N4O5S/c27-17-3-1-16(2-4-17)11-20-25(36)33(14-23(30)31)15-24-34(41(38,39)22-6-5-18(28)12-19(22)29)13-21(26(37)35(20)24)32-7-9-40-10-8-32/h1-6,12,15,20-21,23H,7-11,13-14H2. The predicted molar refractivity (Wildman–Crippen MR) is 148 cm³/mol. The first-order valence-corrected chi connectivity index (χ1v) is 15.2. The molecule has 0 saturated carbocycles. The molecule has 3 aliphatic heterocycles. The molecule has 2 unspecified atom stereocenters. The highest BCUT2D eigenvalue weighted by Gasteiger charge is 2.51. The quantitative estimate of drug-likeness (QED) is 0.455. The summed E-state index contributed by atoms with van der Waals surface area (Å²) in [6.07, 6.45) is -1.97. The van der Waals surface area contributed by atoms with Gasteiger partial charge < -0.3 is 9.64 Å². The number of halogens is 5. The van der Waals surface area contributed by atoms with E-state index in [1.165, 1.54) is 18.2 Å². The second kappa shape index (κ2) is 12.0. The zero-order chi connectivity index (χ0) is 29.5. The van der Waals surface area contributed by atoms with Crippen LogP contribution in [0, 0.1) is 0 Å². The minimum absolute atomic E-state index is 0.0652. The molecule has 5 rings (SSSR count). The molecule has 0 aliphatic carbocycles. The number of hydrogen-bond acceptors (Lipinski definition) is 6. The lowest BCUT2D eigenvalue weighted by Crippen LogP contribution is -2.68. The third-order valence-corrected chi connectivity index (χ3v) is 9.88. The second-order valence-electron chi connectivity index (χ2n) is 9.70. The number of fused-ring (bicyclic) bond motifs is 1. The molecule has 0 N–H and O–H groups in total. The molecule has 0 spiro atoms. The van der Waals surface area contributed by atoms with E-state index >= 15 is 0 Å². The number of morpholine rings is 1. The van der Waals surface area contributed by atoms with Crippen LogP contribution >= 0.6 is 34.8 Å². The fraction of sp³-hybridized carbons (Fsp3) is 0.385. The number of rotatable bonds is 7. The Hall–Kier alpha value is -2.48. The minimum atomic E-state index is -4.47. The Labute approximate surface area is 250 Å². The van der Waals surface area contributed by atoms with Gasteiger partial charge in [-0.15, -0.1) is 0 Å². The van der Waals surface area contributed by atoms with Crippen LogP contribution < -0.4 is 0 Å². The van der Waals surface area contributed by atoms with Gasteiger partial charge in [-0.05, 0) is 35.9 Å². The number of nitrogens with zero attached hydrogens (tertiary/aromatic N) is 4. The molecule has 220 valence electrons. The Balaban J connectivity index is 1.65. The summed E-state index contributed by atoms with van der Waals surface area (Å²) >= 11 is 18.3. The van der Waals surface area contributed by atoms with E-state index in [0.717, 1.165) is 20.3 Å². The summed E-state index contributed by atoms with van der Waals surface area (Å²) < 4.78 is 61.8. The molecule has 2 atom stereocenters. The number of ether oxygens (including phenoxy) is 1. The first-order chi connectivity index (χ1) is 19.5. The van der Waals surface area contributed by atoms with Crippen molar-refractivity contribution in [2.75, 3.05) is 39.4 Å². The van der Waals surface area contributed by atoms with E-state index in [2.05, 4.69) is 0 Å². The van der Waals surface area contributed by atoms with Gasteiger partial charge in [-0.3, -0.25) is 19.4 Å². The van der Waals surface area contributed by atoms with Gasteiger partial charge in [0.1, 0.15) is 22.8 Å². The number of carbonyl (C=O) groups excluding carboxylic acids is 2. The van der Waals surface area contributed by atoms with Gasteiger partial charge in [-0.1, -0.05) is 46.9 Å². The summed E-state index contributed by atoms with van der Waals surface area (Å²) in [7, 11) is -4.47. The SMILES string of the molecule is O=C1C(Cc2ccc(Cl)cc2)N2C(=O)C(N3CCOCC3)CN(S(=O)(=O)c3ccc(Cl)cc3Cl)C2=CN1CC(F)F. The number of benzene rings is 2. The molecule has 2 fully saturated rings. The highest BCUT2D eigenvalue weighted by Crippen LogP contribution is 2.37. The largest absolute Gasteiger partial charge is 0.379 e. The third-order valence-electron chi connectivity index (χ3n) is 7.14. The summed E-state index contributed by atoms with van der Waals surface area (Å²) in [4.78, 5) is 31.1. The Bertz CT molecular complexity index is 1470. The van der Waals surface area contributed by atoms with Crippen LogP contribution in [0.4, 0.5) is 8.78 Å². The van der Waals surface area contributed by atoms with Crippen molar-refractivity contribution in [3.05, 3.63) is 75.1 Å². The van der Waals surface area contributed by atoms with Crippen LogP contribution in [0.15, 0.2) is 59.4 Å². The van der Waals surface area contributed by atoms with Gasteiger partial charge in [0.25, 0.3) is 16.4 Å². The maximum absolute atomic E-state index is 14.1. The number of hydrogen-bond donors (Lipinski definition) is 0. The molecule has 3 aliphatic rings. The highest BCUT2D eigenvalue weighted by molar-refractivity contribution is 7.89. The third kappa shape index (κ3) is 6.04. The molecule has 0 bridgehead atoms. The normalized spacial score (nSPS) is 22.3. The van der Waals surface area contributed by atoms with Gasteiger partial charge >= 0.3 is 0 Å². The number of alkyl halides is 2. The van der Waals surface area contributed by atoms with E-state index in [1.54, 1.807) is 29.2 Å². The average Bonchev–Trinajstić information content (AvgIpc) is 2.92. The lowest BCUT2D eigenvalue weighted by molar-refractivity contribution is -0.154. The second-order valence-corrected chi connectivity index (χ2v) is 12.8. The van der Waals surface area contributed by atoms with E-state index in [9.17, 15) is 26.8 Å². The molecule has 41 heavy (non-hydrogen) atoms. The van der Waals surface area contributed by atoms with E-state index in [1.807, 2.05) is 0 Å². The van der Waals surface area contributed by atoms with Crippen LogP contribution in [-0.4, -0.2) is 97.1 Å². The smallest absolute Gasteiger partial charge is 0.267 e. The zero-order valence-corrected chi connectivity index (χ0v) is 24.5. The monoisotopic (exact) mass is 648 g/mol. The molecule has 2 saturated heterocycles.